The van der Waals surface area contributed by atoms with E-state index in [2.05, 4.69) is 34.5 Å². The number of hydrogen-bond acceptors (Lipinski definition) is 2. The Bertz CT molecular complexity index is 390. The quantitative estimate of drug-likeness (QED) is 0.896. The smallest absolute Gasteiger partial charge is 0.0234 e. The highest BCUT2D eigenvalue weighted by molar-refractivity contribution is 5.26. The Morgan fingerprint density at radius 1 is 1.05 bits per heavy atom. The van der Waals surface area contributed by atoms with Crippen LogP contribution in [-0.4, -0.2) is 31.1 Å². The van der Waals surface area contributed by atoms with Gasteiger partial charge in [-0.15, -0.1) is 0 Å². The predicted octanol–water partition coefficient (Wildman–Crippen LogP) is 3.14. The minimum Gasteiger partial charge on any atom is -0.314 e. The molecule has 1 aliphatic heterocycles. The van der Waals surface area contributed by atoms with Crippen LogP contribution in [-0.2, 0) is 6.54 Å². The van der Waals surface area contributed by atoms with E-state index in [1.54, 1.807) is 5.56 Å². The molecule has 0 bridgehead atoms. The van der Waals surface area contributed by atoms with Crippen LogP contribution < -0.4 is 5.32 Å². The van der Waals surface area contributed by atoms with Gasteiger partial charge in [0.1, 0.15) is 0 Å². The first-order valence-electron chi connectivity index (χ1n) is 7.94. The molecule has 3 rings (SSSR count). The van der Waals surface area contributed by atoms with Gasteiger partial charge in [0.05, 0.1) is 0 Å². The average Bonchev–Trinajstić information content (AvgIpc) is 2.49. The Kier molecular flexibility index (Phi) is 4.52. The molecule has 0 radical (unpaired) electrons. The Labute approximate surface area is 117 Å². The molecule has 2 aliphatic rings. The zero-order valence-corrected chi connectivity index (χ0v) is 11.9. The van der Waals surface area contributed by atoms with Crippen LogP contribution in [0.2, 0.25) is 0 Å². The van der Waals surface area contributed by atoms with Crippen molar-refractivity contribution < 1.29 is 0 Å². The van der Waals surface area contributed by atoms with E-state index in [9.17, 15) is 0 Å². The summed E-state index contributed by atoms with van der Waals surface area (Å²) >= 11 is 0. The fourth-order valence-electron chi connectivity index (χ4n) is 3.51. The van der Waals surface area contributed by atoms with Crippen molar-refractivity contribution in [3.8, 4) is 0 Å². The van der Waals surface area contributed by atoms with Crippen LogP contribution in [0.1, 0.15) is 49.1 Å². The molecule has 0 amide bonds. The fraction of sp³-hybridized carbons (Fsp3) is 0.647. The lowest BCUT2D eigenvalue weighted by Crippen LogP contribution is -2.42. The molecule has 1 aromatic carbocycles. The number of benzene rings is 1. The molecule has 1 saturated heterocycles. The van der Waals surface area contributed by atoms with Gasteiger partial charge in [0.2, 0.25) is 0 Å². The first-order valence-corrected chi connectivity index (χ1v) is 7.94. The normalized spacial score (nSPS) is 22.5. The van der Waals surface area contributed by atoms with Gasteiger partial charge in [0, 0.05) is 32.7 Å². The molecule has 0 atom stereocenters. The summed E-state index contributed by atoms with van der Waals surface area (Å²) in [6, 6.07) is 9.38. The van der Waals surface area contributed by atoms with Crippen molar-refractivity contribution in [2.75, 3.05) is 26.2 Å². The molecule has 1 saturated carbocycles. The van der Waals surface area contributed by atoms with E-state index >= 15 is 0 Å². The van der Waals surface area contributed by atoms with Gasteiger partial charge in [-0.1, -0.05) is 43.5 Å². The summed E-state index contributed by atoms with van der Waals surface area (Å²) in [5.41, 5.74) is 3.09. The molecule has 0 unspecified atom stereocenters. The summed E-state index contributed by atoms with van der Waals surface area (Å²) in [4.78, 5) is 2.57. The summed E-state index contributed by atoms with van der Waals surface area (Å²) in [5, 5.41) is 3.42. The standard InChI is InChI=1S/C17H26N2/c1-2-6-16(7-3-1)17-8-4-5-15(13-17)14-19-11-9-18-10-12-19/h4-5,8,13,16,18H,1-3,6-7,9-12,14H2. The Hall–Kier alpha value is -0.860. The largest absolute Gasteiger partial charge is 0.314 e. The van der Waals surface area contributed by atoms with Gasteiger partial charge in [0.15, 0.2) is 0 Å². The minimum absolute atomic E-state index is 0.830. The van der Waals surface area contributed by atoms with Crippen LogP contribution in [0.3, 0.4) is 0 Å². The number of nitrogens with one attached hydrogen (secondary N) is 1. The maximum atomic E-state index is 3.42. The average molecular weight is 258 g/mol. The van der Waals surface area contributed by atoms with E-state index in [0.717, 1.165) is 25.6 Å². The first-order chi connectivity index (χ1) is 9.42. The molecule has 104 valence electrons. The third kappa shape index (κ3) is 3.58. The van der Waals surface area contributed by atoms with Crippen LogP contribution >= 0.6 is 0 Å². The van der Waals surface area contributed by atoms with E-state index in [1.807, 2.05) is 0 Å². The van der Waals surface area contributed by atoms with Gasteiger partial charge in [-0.2, -0.15) is 0 Å². The zero-order valence-electron chi connectivity index (χ0n) is 11.9. The summed E-state index contributed by atoms with van der Waals surface area (Å²) in [6.07, 6.45) is 7.09. The second-order valence-electron chi connectivity index (χ2n) is 6.11. The molecule has 1 heterocycles. The zero-order chi connectivity index (χ0) is 12.9. The number of piperazine rings is 1. The number of rotatable bonds is 3. The van der Waals surface area contributed by atoms with Gasteiger partial charge in [-0.25, -0.2) is 0 Å². The van der Waals surface area contributed by atoms with Crippen LogP contribution in [0.4, 0.5) is 0 Å². The maximum absolute atomic E-state index is 3.42. The van der Waals surface area contributed by atoms with Gasteiger partial charge in [-0.05, 0) is 29.9 Å². The molecule has 0 spiro atoms. The van der Waals surface area contributed by atoms with Crippen LogP contribution in [0, 0.1) is 0 Å². The lowest BCUT2D eigenvalue weighted by molar-refractivity contribution is 0.233. The lowest BCUT2D eigenvalue weighted by Gasteiger charge is -2.28. The second-order valence-corrected chi connectivity index (χ2v) is 6.11. The second kappa shape index (κ2) is 6.53. The highest BCUT2D eigenvalue weighted by atomic mass is 15.2. The summed E-state index contributed by atoms with van der Waals surface area (Å²) in [7, 11) is 0. The van der Waals surface area contributed by atoms with Crippen molar-refractivity contribution in [1.82, 2.24) is 10.2 Å². The van der Waals surface area contributed by atoms with Crippen molar-refractivity contribution in [3.05, 3.63) is 35.4 Å². The Morgan fingerprint density at radius 3 is 2.63 bits per heavy atom. The third-order valence-corrected chi connectivity index (χ3v) is 4.64. The summed E-state index contributed by atoms with van der Waals surface area (Å²) in [6.45, 7) is 5.79. The molecule has 1 N–H and O–H groups in total. The third-order valence-electron chi connectivity index (χ3n) is 4.64. The van der Waals surface area contributed by atoms with E-state index in [0.29, 0.717) is 0 Å². The highest BCUT2D eigenvalue weighted by Gasteiger charge is 2.16. The molecule has 1 aliphatic carbocycles. The van der Waals surface area contributed by atoms with Gasteiger partial charge >= 0.3 is 0 Å². The predicted molar refractivity (Wildman–Crippen MR) is 80.4 cm³/mol. The Morgan fingerprint density at radius 2 is 1.84 bits per heavy atom. The van der Waals surface area contributed by atoms with E-state index in [-0.39, 0.29) is 0 Å². The molecular formula is C17H26N2. The first kappa shape index (κ1) is 13.1. The minimum atomic E-state index is 0.830. The van der Waals surface area contributed by atoms with Gasteiger partial charge in [-0.3, -0.25) is 4.90 Å². The van der Waals surface area contributed by atoms with E-state index in [1.165, 1.54) is 50.8 Å². The molecule has 2 fully saturated rings. The van der Waals surface area contributed by atoms with Crippen molar-refractivity contribution in [2.24, 2.45) is 0 Å². The monoisotopic (exact) mass is 258 g/mol. The van der Waals surface area contributed by atoms with Crippen molar-refractivity contribution in [1.29, 1.82) is 0 Å². The van der Waals surface area contributed by atoms with Crippen LogP contribution in [0.25, 0.3) is 0 Å². The number of nitrogens with zero attached hydrogens (tertiary/aromatic N) is 1. The lowest BCUT2D eigenvalue weighted by atomic mass is 9.83. The fourth-order valence-corrected chi connectivity index (χ4v) is 3.51. The van der Waals surface area contributed by atoms with Crippen LogP contribution in [0.5, 0.6) is 0 Å². The van der Waals surface area contributed by atoms with Crippen molar-refractivity contribution in [3.63, 3.8) is 0 Å². The van der Waals surface area contributed by atoms with E-state index in [4.69, 9.17) is 0 Å². The highest BCUT2D eigenvalue weighted by Crippen LogP contribution is 2.32. The molecular weight excluding hydrogens is 232 g/mol. The summed E-state index contributed by atoms with van der Waals surface area (Å²) < 4.78 is 0. The van der Waals surface area contributed by atoms with Crippen LogP contribution in [0.15, 0.2) is 24.3 Å². The van der Waals surface area contributed by atoms with E-state index < -0.39 is 0 Å². The topological polar surface area (TPSA) is 15.3 Å². The Balaban J connectivity index is 1.64. The van der Waals surface area contributed by atoms with Crippen molar-refractivity contribution in [2.45, 2.75) is 44.6 Å². The SMILES string of the molecule is c1cc(CN2CCNCC2)cc(C2CCCCC2)c1. The van der Waals surface area contributed by atoms with Crippen molar-refractivity contribution >= 4 is 0 Å². The number of hydrogen-bond donors (Lipinski definition) is 1. The molecule has 19 heavy (non-hydrogen) atoms. The maximum Gasteiger partial charge on any atom is 0.0234 e. The molecule has 2 heteroatoms. The molecule has 1 aromatic rings. The van der Waals surface area contributed by atoms with Gasteiger partial charge in [0.25, 0.3) is 0 Å². The molecule has 2 nitrogen and oxygen atoms in total. The van der Waals surface area contributed by atoms with Gasteiger partial charge < -0.3 is 5.32 Å². The molecule has 0 aromatic heterocycles. The summed E-state index contributed by atoms with van der Waals surface area (Å²) in [5.74, 6) is 0.830.